The molecule has 2 aromatic heterocycles. The van der Waals surface area contributed by atoms with Crippen LogP contribution in [0.4, 0.5) is 0 Å². The lowest BCUT2D eigenvalue weighted by Crippen LogP contribution is -2.40. The molecule has 0 aliphatic carbocycles. The Morgan fingerprint density at radius 3 is 2.23 bits per heavy atom. The average Bonchev–Trinajstić information content (AvgIpc) is 2.83. The highest BCUT2D eigenvalue weighted by molar-refractivity contribution is 5.76. The predicted octanol–water partition coefficient (Wildman–Crippen LogP) is 3.44. The summed E-state index contributed by atoms with van der Waals surface area (Å²) in [6.45, 7) is 2.62. The van der Waals surface area contributed by atoms with Gasteiger partial charge < -0.3 is 14.4 Å². The fourth-order valence-corrected chi connectivity index (χ4v) is 3.54. The van der Waals surface area contributed by atoms with E-state index < -0.39 is 0 Å². The van der Waals surface area contributed by atoms with E-state index in [1.165, 1.54) is 0 Å². The van der Waals surface area contributed by atoms with Crippen LogP contribution in [0.15, 0.2) is 73.3 Å². The highest BCUT2D eigenvalue weighted by atomic mass is 16.5. The van der Waals surface area contributed by atoms with Crippen molar-refractivity contribution in [3.05, 3.63) is 90.0 Å². The third-order valence-corrected chi connectivity index (χ3v) is 5.16. The maximum Gasteiger partial charge on any atom is 0.223 e. The van der Waals surface area contributed by atoms with Crippen LogP contribution in [0.5, 0.6) is 5.75 Å². The summed E-state index contributed by atoms with van der Waals surface area (Å²) in [5.74, 6) is 0.945. The van der Waals surface area contributed by atoms with Crippen LogP contribution < -0.4 is 4.74 Å². The van der Waals surface area contributed by atoms with Crippen molar-refractivity contribution in [3.63, 3.8) is 0 Å². The first-order valence-electron chi connectivity index (χ1n) is 10.2. The number of benzene rings is 1. The van der Waals surface area contributed by atoms with Crippen LogP contribution >= 0.6 is 0 Å². The van der Waals surface area contributed by atoms with Gasteiger partial charge in [-0.25, -0.2) is 0 Å². The first kappa shape index (κ1) is 20.0. The van der Waals surface area contributed by atoms with Crippen LogP contribution in [0.25, 0.3) is 0 Å². The third kappa shape index (κ3) is 5.21. The number of amides is 1. The average molecular weight is 403 g/mol. The largest absolute Gasteiger partial charge is 0.481 e. The number of carbonyl (C=O) groups is 1. The Morgan fingerprint density at radius 2 is 1.60 bits per heavy atom. The quantitative estimate of drug-likeness (QED) is 0.605. The molecule has 3 heterocycles. The van der Waals surface area contributed by atoms with Crippen LogP contribution in [0.1, 0.15) is 29.2 Å². The van der Waals surface area contributed by atoms with Gasteiger partial charge in [0, 0.05) is 44.3 Å². The summed E-state index contributed by atoms with van der Waals surface area (Å²) in [7, 11) is 0. The number of nitrogens with zero attached hydrogens (tertiary/aromatic N) is 3. The van der Waals surface area contributed by atoms with E-state index in [4.69, 9.17) is 9.47 Å². The van der Waals surface area contributed by atoms with Crippen LogP contribution in [0.3, 0.4) is 0 Å². The summed E-state index contributed by atoms with van der Waals surface area (Å²) < 4.78 is 11.7. The molecule has 0 saturated carbocycles. The summed E-state index contributed by atoms with van der Waals surface area (Å²) in [4.78, 5) is 22.5. The van der Waals surface area contributed by atoms with Gasteiger partial charge in [0.05, 0.1) is 13.2 Å². The molecule has 1 aliphatic heterocycles. The molecule has 0 radical (unpaired) electrons. The van der Waals surface area contributed by atoms with Gasteiger partial charge in [-0.15, -0.1) is 0 Å². The van der Waals surface area contributed by atoms with Crippen LogP contribution in [0, 0.1) is 0 Å². The number of hydrogen-bond donors (Lipinski definition) is 0. The zero-order valence-corrected chi connectivity index (χ0v) is 16.8. The monoisotopic (exact) mass is 403 g/mol. The van der Waals surface area contributed by atoms with E-state index in [1.807, 2.05) is 53.4 Å². The number of aromatic nitrogens is 2. The molecule has 3 aromatic rings. The Labute approximate surface area is 176 Å². The summed E-state index contributed by atoms with van der Waals surface area (Å²) in [6, 6.07) is 15.8. The number of rotatable bonds is 7. The van der Waals surface area contributed by atoms with E-state index in [0.717, 1.165) is 22.4 Å². The van der Waals surface area contributed by atoms with E-state index in [2.05, 4.69) is 9.97 Å². The second-order valence-electron chi connectivity index (χ2n) is 7.20. The lowest BCUT2D eigenvalue weighted by atomic mass is 10.0. The molecule has 1 saturated heterocycles. The lowest BCUT2D eigenvalue weighted by molar-refractivity contribution is -0.135. The normalized spacial score (nSPS) is 14.0. The van der Waals surface area contributed by atoms with Gasteiger partial charge in [-0.05, 0) is 59.5 Å². The molecule has 6 heteroatoms. The van der Waals surface area contributed by atoms with Crippen LogP contribution in [0.2, 0.25) is 0 Å². The lowest BCUT2D eigenvalue weighted by Gasteiger charge is -2.26. The van der Waals surface area contributed by atoms with Gasteiger partial charge in [0.1, 0.15) is 11.9 Å². The maximum absolute atomic E-state index is 12.4. The second kappa shape index (κ2) is 9.98. The highest BCUT2D eigenvalue weighted by Crippen LogP contribution is 2.28. The van der Waals surface area contributed by atoms with E-state index in [0.29, 0.717) is 39.1 Å². The smallest absolute Gasteiger partial charge is 0.223 e. The van der Waals surface area contributed by atoms with E-state index >= 15 is 0 Å². The number of ether oxygens (including phenoxy) is 2. The second-order valence-corrected chi connectivity index (χ2v) is 7.20. The minimum Gasteiger partial charge on any atom is -0.481 e. The molecule has 1 aromatic carbocycles. The first-order valence-corrected chi connectivity index (χ1v) is 10.2. The Hall–Kier alpha value is -3.25. The zero-order chi connectivity index (χ0) is 20.6. The molecule has 0 N–H and O–H groups in total. The molecule has 0 bridgehead atoms. The first-order chi connectivity index (χ1) is 14.8. The van der Waals surface area contributed by atoms with Gasteiger partial charge in [0.25, 0.3) is 0 Å². The Morgan fingerprint density at radius 1 is 0.967 bits per heavy atom. The highest BCUT2D eigenvalue weighted by Gasteiger charge is 2.18. The maximum atomic E-state index is 12.4. The Balaban J connectivity index is 1.46. The summed E-state index contributed by atoms with van der Waals surface area (Å²) >= 11 is 0. The van der Waals surface area contributed by atoms with E-state index in [9.17, 15) is 4.79 Å². The molecule has 1 aliphatic rings. The topological polar surface area (TPSA) is 64.5 Å². The van der Waals surface area contributed by atoms with Crippen molar-refractivity contribution < 1.29 is 14.3 Å². The van der Waals surface area contributed by atoms with Crippen molar-refractivity contribution >= 4 is 5.91 Å². The molecular formula is C24H25N3O3. The molecule has 0 unspecified atom stereocenters. The molecular weight excluding hydrogens is 378 g/mol. The summed E-state index contributed by atoms with van der Waals surface area (Å²) in [5, 5.41) is 0. The van der Waals surface area contributed by atoms with Gasteiger partial charge in [-0.1, -0.05) is 12.1 Å². The number of carbonyl (C=O) groups excluding carboxylic acids is 1. The van der Waals surface area contributed by atoms with Crippen LogP contribution in [-0.4, -0.2) is 47.1 Å². The SMILES string of the molecule is O=C(CCc1cccc(OC(c2ccncc2)c2ccncc2)c1)N1CCOCC1. The fraction of sp³-hybridized carbons (Fsp3) is 0.292. The molecule has 0 spiro atoms. The fourth-order valence-electron chi connectivity index (χ4n) is 3.54. The van der Waals surface area contributed by atoms with Gasteiger partial charge in [-0.3, -0.25) is 14.8 Å². The van der Waals surface area contributed by atoms with E-state index in [-0.39, 0.29) is 12.0 Å². The number of hydrogen-bond acceptors (Lipinski definition) is 5. The van der Waals surface area contributed by atoms with Crippen LogP contribution in [-0.2, 0) is 16.0 Å². The standard InChI is InChI=1S/C24H25N3O3/c28-23(27-14-16-29-17-15-27)5-4-19-2-1-3-22(18-19)30-24(20-6-10-25-11-7-20)21-8-12-26-13-9-21/h1-3,6-13,18,24H,4-5,14-17H2. The van der Waals surface area contributed by atoms with Crippen molar-refractivity contribution in [2.75, 3.05) is 26.3 Å². The minimum atomic E-state index is -0.263. The number of pyridine rings is 2. The molecule has 4 rings (SSSR count). The number of morpholine rings is 1. The number of aryl methyl sites for hydroxylation is 1. The van der Waals surface area contributed by atoms with Crippen molar-refractivity contribution in [2.24, 2.45) is 0 Å². The molecule has 1 amide bonds. The molecule has 0 atom stereocenters. The van der Waals surface area contributed by atoms with Crippen molar-refractivity contribution in [3.8, 4) is 5.75 Å². The van der Waals surface area contributed by atoms with E-state index in [1.54, 1.807) is 24.8 Å². The Kier molecular flexibility index (Phi) is 6.67. The predicted molar refractivity (Wildman–Crippen MR) is 113 cm³/mol. The summed E-state index contributed by atoms with van der Waals surface area (Å²) in [5.41, 5.74) is 3.12. The van der Waals surface area contributed by atoms with Gasteiger partial charge >= 0.3 is 0 Å². The Bertz CT molecular complexity index is 905. The molecule has 30 heavy (non-hydrogen) atoms. The third-order valence-electron chi connectivity index (χ3n) is 5.16. The van der Waals surface area contributed by atoms with Gasteiger partial charge in [0.2, 0.25) is 5.91 Å². The van der Waals surface area contributed by atoms with Crippen molar-refractivity contribution in [2.45, 2.75) is 18.9 Å². The minimum absolute atomic E-state index is 0.177. The van der Waals surface area contributed by atoms with Crippen molar-refractivity contribution in [1.29, 1.82) is 0 Å². The van der Waals surface area contributed by atoms with Gasteiger partial charge in [0.15, 0.2) is 0 Å². The van der Waals surface area contributed by atoms with Gasteiger partial charge in [-0.2, -0.15) is 0 Å². The molecule has 154 valence electrons. The molecule has 1 fully saturated rings. The summed E-state index contributed by atoms with van der Waals surface area (Å²) in [6.07, 6.45) is 7.97. The molecule has 6 nitrogen and oxygen atoms in total. The zero-order valence-electron chi connectivity index (χ0n) is 16.8. The van der Waals surface area contributed by atoms with Crippen molar-refractivity contribution in [1.82, 2.24) is 14.9 Å².